The number of carbonyl (C=O) groups excluding carboxylic acids is 2. The Morgan fingerprint density at radius 2 is 1.83 bits per heavy atom. The van der Waals surface area contributed by atoms with Gasteiger partial charge in [0.1, 0.15) is 11.6 Å². The van der Waals surface area contributed by atoms with Gasteiger partial charge >= 0.3 is 0 Å². The largest absolute Gasteiger partial charge is 0.483 e. The predicted octanol–water partition coefficient (Wildman–Crippen LogP) is 3.39. The summed E-state index contributed by atoms with van der Waals surface area (Å²) in [4.78, 5) is 24.4. The zero-order valence-corrected chi connectivity index (χ0v) is 16.2. The van der Waals surface area contributed by atoms with Crippen LogP contribution >= 0.6 is 0 Å². The van der Waals surface area contributed by atoms with Gasteiger partial charge in [-0.1, -0.05) is 24.3 Å². The molecular weight excluding hydrogens is 375 g/mol. The first kappa shape index (κ1) is 20.8. The number of carbonyl (C=O) groups is 2. The SMILES string of the molecule is O=C(COc1ccccc1C(=O)NCCCOCC1CC1)Nc1ccccc1F. The van der Waals surface area contributed by atoms with Crippen molar-refractivity contribution in [2.75, 3.05) is 31.7 Å². The summed E-state index contributed by atoms with van der Waals surface area (Å²) in [6.07, 6.45) is 3.24. The molecule has 7 heteroatoms. The molecule has 6 nitrogen and oxygen atoms in total. The zero-order chi connectivity index (χ0) is 20.5. The van der Waals surface area contributed by atoms with Crippen LogP contribution in [0, 0.1) is 11.7 Å². The minimum absolute atomic E-state index is 0.0797. The maximum Gasteiger partial charge on any atom is 0.262 e. The second-order valence-electron chi connectivity index (χ2n) is 6.94. The molecule has 1 saturated carbocycles. The van der Waals surface area contributed by atoms with Crippen LogP contribution in [-0.4, -0.2) is 38.2 Å². The van der Waals surface area contributed by atoms with Crippen LogP contribution in [0.15, 0.2) is 48.5 Å². The van der Waals surface area contributed by atoms with Crippen LogP contribution in [0.5, 0.6) is 5.75 Å². The number of amides is 2. The van der Waals surface area contributed by atoms with E-state index < -0.39 is 11.7 Å². The fourth-order valence-corrected chi connectivity index (χ4v) is 2.68. The average Bonchev–Trinajstić information content (AvgIpc) is 3.55. The van der Waals surface area contributed by atoms with E-state index in [1.165, 1.54) is 31.0 Å². The number of hydrogen-bond acceptors (Lipinski definition) is 4. The quantitative estimate of drug-likeness (QED) is 0.567. The minimum Gasteiger partial charge on any atom is -0.483 e. The van der Waals surface area contributed by atoms with Gasteiger partial charge in [-0.15, -0.1) is 0 Å². The maximum atomic E-state index is 13.6. The summed E-state index contributed by atoms with van der Waals surface area (Å²) in [5, 5.41) is 5.27. The third-order valence-corrected chi connectivity index (χ3v) is 4.44. The Hall–Kier alpha value is -2.93. The molecule has 0 aliphatic heterocycles. The Labute approximate surface area is 169 Å². The van der Waals surface area contributed by atoms with Gasteiger partial charge in [-0.3, -0.25) is 9.59 Å². The highest BCUT2D eigenvalue weighted by Gasteiger charge is 2.20. The molecule has 2 amide bonds. The summed E-state index contributed by atoms with van der Waals surface area (Å²) >= 11 is 0. The van der Waals surface area contributed by atoms with Crippen LogP contribution in [0.3, 0.4) is 0 Å². The number of para-hydroxylation sites is 2. The Kier molecular flexibility index (Phi) is 7.58. The topological polar surface area (TPSA) is 76.7 Å². The van der Waals surface area contributed by atoms with Crippen molar-refractivity contribution in [3.05, 3.63) is 59.9 Å². The Morgan fingerprint density at radius 3 is 2.62 bits per heavy atom. The first-order valence-corrected chi connectivity index (χ1v) is 9.75. The number of anilines is 1. The van der Waals surface area contributed by atoms with Gasteiger partial charge in [-0.05, 0) is 49.4 Å². The van der Waals surface area contributed by atoms with E-state index in [1.807, 2.05) is 0 Å². The second kappa shape index (κ2) is 10.6. The summed E-state index contributed by atoms with van der Waals surface area (Å²) in [5.74, 6) is -0.306. The van der Waals surface area contributed by atoms with Gasteiger partial charge in [0, 0.05) is 19.8 Å². The highest BCUT2D eigenvalue weighted by atomic mass is 19.1. The highest BCUT2D eigenvalue weighted by molar-refractivity contribution is 5.97. The molecule has 154 valence electrons. The number of hydrogen-bond donors (Lipinski definition) is 2. The summed E-state index contributed by atoms with van der Waals surface area (Å²) in [7, 11) is 0. The van der Waals surface area contributed by atoms with E-state index in [-0.39, 0.29) is 18.2 Å². The van der Waals surface area contributed by atoms with Crippen LogP contribution in [0.2, 0.25) is 0 Å². The van der Waals surface area contributed by atoms with Crippen LogP contribution in [0.1, 0.15) is 29.6 Å². The lowest BCUT2D eigenvalue weighted by Gasteiger charge is -2.12. The Bertz CT molecular complexity index is 839. The first-order valence-electron chi connectivity index (χ1n) is 9.75. The third kappa shape index (κ3) is 6.87. The molecule has 0 heterocycles. The van der Waals surface area contributed by atoms with E-state index in [9.17, 15) is 14.0 Å². The van der Waals surface area contributed by atoms with E-state index >= 15 is 0 Å². The molecule has 2 N–H and O–H groups in total. The normalized spacial score (nSPS) is 13.0. The van der Waals surface area contributed by atoms with Gasteiger partial charge < -0.3 is 20.1 Å². The number of ether oxygens (including phenoxy) is 2. The lowest BCUT2D eigenvalue weighted by atomic mass is 10.2. The number of benzene rings is 2. The molecule has 0 spiro atoms. The first-order chi connectivity index (χ1) is 14.1. The van der Waals surface area contributed by atoms with E-state index in [0.29, 0.717) is 24.5 Å². The van der Waals surface area contributed by atoms with Crippen LogP contribution < -0.4 is 15.4 Å². The van der Waals surface area contributed by atoms with E-state index in [1.54, 1.807) is 30.3 Å². The predicted molar refractivity (Wildman–Crippen MR) is 107 cm³/mol. The smallest absolute Gasteiger partial charge is 0.262 e. The Balaban J connectivity index is 1.44. The lowest BCUT2D eigenvalue weighted by Crippen LogP contribution is -2.27. The van der Waals surface area contributed by atoms with Crippen LogP contribution in [0.4, 0.5) is 10.1 Å². The van der Waals surface area contributed by atoms with E-state index in [4.69, 9.17) is 9.47 Å². The minimum atomic E-state index is -0.526. The summed E-state index contributed by atoms with van der Waals surface area (Å²) in [6, 6.07) is 12.6. The molecule has 2 aromatic rings. The molecule has 0 atom stereocenters. The molecule has 1 aliphatic carbocycles. The Morgan fingerprint density at radius 1 is 1.07 bits per heavy atom. The van der Waals surface area contributed by atoms with Crippen molar-refractivity contribution in [2.45, 2.75) is 19.3 Å². The number of rotatable bonds is 11. The van der Waals surface area contributed by atoms with E-state index in [2.05, 4.69) is 10.6 Å². The lowest BCUT2D eigenvalue weighted by molar-refractivity contribution is -0.118. The molecule has 1 aliphatic rings. The molecular formula is C22H25FN2O4. The van der Waals surface area contributed by atoms with Crippen molar-refractivity contribution in [2.24, 2.45) is 5.92 Å². The van der Waals surface area contributed by atoms with Crippen molar-refractivity contribution < 1.29 is 23.5 Å². The molecule has 0 saturated heterocycles. The fraction of sp³-hybridized carbons (Fsp3) is 0.364. The number of nitrogens with one attached hydrogen (secondary N) is 2. The van der Waals surface area contributed by atoms with Gasteiger partial charge in [-0.25, -0.2) is 4.39 Å². The van der Waals surface area contributed by atoms with Crippen molar-refractivity contribution in [3.63, 3.8) is 0 Å². The number of halogens is 1. The third-order valence-electron chi connectivity index (χ3n) is 4.44. The maximum absolute atomic E-state index is 13.6. The van der Waals surface area contributed by atoms with Crippen LogP contribution in [-0.2, 0) is 9.53 Å². The van der Waals surface area contributed by atoms with Gasteiger partial charge in [0.25, 0.3) is 11.8 Å². The second-order valence-corrected chi connectivity index (χ2v) is 6.94. The molecule has 3 rings (SSSR count). The summed E-state index contributed by atoms with van der Waals surface area (Å²) in [6.45, 7) is 1.57. The fourth-order valence-electron chi connectivity index (χ4n) is 2.68. The molecule has 0 radical (unpaired) electrons. The molecule has 0 aromatic heterocycles. The average molecular weight is 400 g/mol. The van der Waals surface area contributed by atoms with Crippen molar-refractivity contribution in [1.29, 1.82) is 0 Å². The van der Waals surface area contributed by atoms with Crippen molar-refractivity contribution in [1.82, 2.24) is 5.32 Å². The van der Waals surface area contributed by atoms with E-state index in [0.717, 1.165) is 18.9 Å². The highest BCUT2D eigenvalue weighted by Crippen LogP contribution is 2.28. The molecule has 29 heavy (non-hydrogen) atoms. The standard InChI is InChI=1S/C22H25FN2O4/c23-18-7-2-3-8-19(18)25-21(26)15-29-20-9-4-1-6-17(20)22(27)24-12-5-13-28-14-16-10-11-16/h1-4,6-9,16H,5,10-15H2,(H,24,27)(H,25,26). The molecule has 0 unspecified atom stereocenters. The van der Waals surface area contributed by atoms with Crippen molar-refractivity contribution >= 4 is 17.5 Å². The van der Waals surface area contributed by atoms with Crippen molar-refractivity contribution in [3.8, 4) is 5.75 Å². The van der Waals surface area contributed by atoms with Gasteiger partial charge in [0.2, 0.25) is 0 Å². The van der Waals surface area contributed by atoms with Gasteiger partial charge in [0.05, 0.1) is 11.3 Å². The van der Waals surface area contributed by atoms with Crippen LogP contribution in [0.25, 0.3) is 0 Å². The molecule has 1 fully saturated rings. The molecule has 0 bridgehead atoms. The zero-order valence-electron chi connectivity index (χ0n) is 16.2. The monoisotopic (exact) mass is 400 g/mol. The van der Waals surface area contributed by atoms with Gasteiger partial charge in [-0.2, -0.15) is 0 Å². The molecule has 2 aromatic carbocycles. The summed E-state index contributed by atoms with van der Waals surface area (Å²) in [5.41, 5.74) is 0.418. The van der Waals surface area contributed by atoms with Gasteiger partial charge in [0.15, 0.2) is 6.61 Å². The summed E-state index contributed by atoms with van der Waals surface area (Å²) < 4.78 is 24.6.